The van der Waals surface area contributed by atoms with Gasteiger partial charge in [0.25, 0.3) is 5.91 Å². The van der Waals surface area contributed by atoms with E-state index in [2.05, 4.69) is 21.8 Å². The molecule has 5 heteroatoms. The number of aromatic nitrogens is 3. The second-order valence-corrected chi connectivity index (χ2v) is 5.69. The molecule has 1 N–H and O–H groups in total. The molecule has 1 amide bonds. The summed E-state index contributed by atoms with van der Waals surface area (Å²) in [6.45, 7) is 10.2. The minimum atomic E-state index is -0.272. The Bertz CT molecular complexity index is 454. The number of hydrogen-bond donors (Lipinski definition) is 1. The van der Waals surface area contributed by atoms with Crippen molar-refractivity contribution in [2.45, 2.75) is 45.1 Å². The van der Waals surface area contributed by atoms with Gasteiger partial charge in [0.05, 0.1) is 0 Å². The van der Waals surface area contributed by atoms with Gasteiger partial charge < -0.3 is 4.90 Å². The van der Waals surface area contributed by atoms with Crippen LogP contribution in [0.3, 0.4) is 0 Å². The molecule has 0 atom stereocenters. The van der Waals surface area contributed by atoms with Crippen LogP contribution in [0.15, 0.2) is 12.7 Å². The van der Waals surface area contributed by atoms with Gasteiger partial charge in [0.15, 0.2) is 0 Å². The molecule has 1 aliphatic rings. The van der Waals surface area contributed by atoms with Crippen molar-refractivity contribution >= 4 is 5.91 Å². The maximum atomic E-state index is 12.4. The molecular weight excluding hydrogens is 228 g/mol. The van der Waals surface area contributed by atoms with Crippen LogP contribution < -0.4 is 0 Å². The van der Waals surface area contributed by atoms with Gasteiger partial charge in [-0.05, 0) is 33.6 Å². The Hall–Kier alpha value is -1.65. The van der Waals surface area contributed by atoms with Crippen LogP contribution in [0.5, 0.6) is 0 Å². The Morgan fingerprint density at radius 1 is 1.56 bits per heavy atom. The van der Waals surface area contributed by atoms with Crippen molar-refractivity contribution in [3.05, 3.63) is 24.3 Å². The summed E-state index contributed by atoms with van der Waals surface area (Å²) in [7, 11) is 0. The topological polar surface area (TPSA) is 61.9 Å². The summed E-state index contributed by atoms with van der Waals surface area (Å²) in [5.41, 5.74) is -0.272. The minimum Gasteiger partial charge on any atom is -0.327 e. The van der Waals surface area contributed by atoms with Gasteiger partial charge in [-0.15, -0.1) is 11.7 Å². The van der Waals surface area contributed by atoms with E-state index in [9.17, 15) is 4.79 Å². The first-order chi connectivity index (χ1) is 8.43. The molecule has 0 unspecified atom stereocenters. The average Bonchev–Trinajstić information content (AvgIpc) is 3.02. The third kappa shape index (κ3) is 2.60. The second-order valence-electron chi connectivity index (χ2n) is 5.69. The predicted molar refractivity (Wildman–Crippen MR) is 69.3 cm³/mol. The quantitative estimate of drug-likeness (QED) is 0.830. The van der Waals surface area contributed by atoms with E-state index in [1.54, 1.807) is 11.0 Å². The van der Waals surface area contributed by atoms with Crippen LogP contribution in [0.4, 0.5) is 0 Å². The van der Waals surface area contributed by atoms with E-state index in [0.29, 0.717) is 12.5 Å². The van der Waals surface area contributed by atoms with Crippen LogP contribution in [-0.2, 0) is 0 Å². The molecule has 1 aromatic heterocycles. The normalized spacial score (nSPS) is 15.5. The van der Waals surface area contributed by atoms with Crippen LogP contribution in [0.2, 0.25) is 0 Å². The van der Waals surface area contributed by atoms with Crippen molar-refractivity contribution in [3.8, 4) is 0 Å². The molecule has 1 saturated carbocycles. The standard InChI is InChI=1S/C13H20N4O/c1-5-8-17(13(2,3)4)12(18)11-14-10(15-16-11)9-6-7-9/h5,9H,1,6-8H2,2-4H3,(H,14,15,16). The first-order valence-electron chi connectivity index (χ1n) is 6.28. The molecule has 0 spiro atoms. The third-order valence-electron chi connectivity index (χ3n) is 3.02. The van der Waals surface area contributed by atoms with Crippen LogP contribution >= 0.6 is 0 Å². The van der Waals surface area contributed by atoms with Gasteiger partial charge in [-0.3, -0.25) is 9.89 Å². The fraction of sp³-hybridized carbons (Fsp3) is 0.615. The fourth-order valence-corrected chi connectivity index (χ4v) is 1.82. The average molecular weight is 248 g/mol. The monoisotopic (exact) mass is 248 g/mol. The van der Waals surface area contributed by atoms with Gasteiger partial charge in [0, 0.05) is 18.0 Å². The minimum absolute atomic E-state index is 0.148. The van der Waals surface area contributed by atoms with E-state index < -0.39 is 0 Å². The highest BCUT2D eigenvalue weighted by molar-refractivity contribution is 5.91. The number of carbonyl (C=O) groups excluding carboxylic acids is 1. The number of amides is 1. The lowest BCUT2D eigenvalue weighted by molar-refractivity contribution is 0.0604. The number of nitrogens with one attached hydrogen (secondary N) is 1. The molecule has 1 heterocycles. The van der Waals surface area contributed by atoms with E-state index in [1.807, 2.05) is 20.8 Å². The summed E-state index contributed by atoms with van der Waals surface area (Å²) in [5.74, 6) is 1.42. The van der Waals surface area contributed by atoms with Crippen LogP contribution in [0, 0.1) is 0 Å². The predicted octanol–water partition coefficient (Wildman–Crippen LogP) is 2.11. The highest BCUT2D eigenvalue weighted by atomic mass is 16.2. The molecule has 0 aliphatic heterocycles. The number of nitrogens with zero attached hydrogens (tertiary/aromatic N) is 3. The van der Waals surface area contributed by atoms with Crippen LogP contribution in [0.1, 0.15) is 56.0 Å². The number of H-pyrrole nitrogens is 1. The van der Waals surface area contributed by atoms with Gasteiger partial charge in [-0.1, -0.05) is 6.08 Å². The number of carbonyl (C=O) groups is 1. The fourth-order valence-electron chi connectivity index (χ4n) is 1.82. The molecule has 98 valence electrons. The zero-order valence-corrected chi connectivity index (χ0v) is 11.2. The molecule has 5 nitrogen and oxygen atoms in total. The highest BCUT2D eigenvalue weighted by Gasteiger charge is 2.32. The summed E-state index contributed by atoms with van der Waals surface area (Å²) in [6, 6.07) is 0. The summed E-state index contributed by atoms with van der Waals surface area (Å²) in [5, 5.41) is 6.89. The van der Waals surface area contributed by atoms with E-state index in [-0.39, 0.29) is 17.3 Å². The van der Waals surface area contributed by atoms with Crippen molar-refractivity contribution in [1.82, 2.24) is 20.1 Å². The molecule has 2 rings (SSSR count). The summed E-state index contributed by atoms with van der Waals surface area (Å²) >= 11 is 0. The Balaban J connectivity index is 2.18. The van der Waals surface area contributed by atoms with Gasteiger partial charge in [-0.2, -0.15) is 0 Å². The first kappa shape index (κ1) is 12.8. The van der Waals surface area contributed by atoms with E-state index in [1.165, 1.54) is 0 Å². The maximum absolute atomic E-state index is 12.4. The molecule has 1 fully saturated rings. The van der Waals surface area contributed by atoms with E-state index >= 15 is 0 Å². The van der Waals surface area contributed by atoms with E-state index in [4.69, 9.17) is 0 Å². The lowest BCUT2D eigenvalue weighted by atomic mass is 10.1. The van der Waals surface area contributed by atoms with Crippen molar-refractivity contribution in [2.75, 3.05) is 6.54 Å². The lowest BCUT2D eigenvalue weighted by Crippen LogP contribution is -2.46. The largest absolute Gasteiger partial charge is 0.327 e. The molecule has 1 aromatic rings. The summed E-state index contributed by atoms with van der Waals surface area (Å²) in [6.07, 6.45) is 3.99. The molecule has 0 bridgehead atoms. The lowest BCUT2D eigenvalue weighted by Gasteiger charge is -2.33. The smallest absolute Gasteiger partial charge is 0.294 e. The Kier molecular flexibility index (Phi) is 3.24. The van der Waals surface area contributed by atoms with Crippen molar-refractivity contribution in [3.63, 3.8) is 0 Å². The maximum Gasteiger partial charge on any atom is 0.294 e. The number of aromatic amines is 1. The van der Waals surface area contributed by atoms with Gasteiger partial charge in [0.1, 0.15) is 5.82 Å². The summed E-state index contributed by atoms with van der Waals surface area (Å²) < 4.78 is 0. The van der Waals surface area contributed by atoms with Gasteiger partial charge in [-0.25, -0.2) is 4.98 Å². The van der Waals surface area contributed by atoms with Gasteiger partial charge >= 0.3 is 0 Å². The SMILES string of the molecule is C=CCN(C(=O)c1n[nH]c(C2CC2)n1)C(C)(C)C. The van der Waals surface area contributed by atoms with E-state index in [0.717, 1.165) is 18.7 Å². The number of rotatable bonds is 4. The van der Waals surface area contributed by atoms with Crippen LogP contribution in [0.25, 0.3) is 0 Å². The van der Waals surface area contributed by atoms with Crippen LogP contribution in [-0.4, -0.2) is 38.1 Å². The Morgan fingerprint density at radius 2 is 2.22 bits per heavy atom. The molecule has 0 radical (unpaired) electrons. The third-order valence-corrected chi connectivity index (χ3v) is 3.02. The first-order valence-corrected chi connectivity index (χ1v) is 6.28. The van der Waals surface area contributed by atoms with Crippen molar-refractivity contribution in [1.29, 1.82) is 0 Å². The molecular formula is C13H20N4O. The van der Waals surface area contributed by atoms with Crippen molar-refractivity contribution < 1.29 is 4.79 Å². The molecule has 0 saturated heterocycles. The zero-order chi connectivity index (χ0) is 13.3. The van der Waals surface area contributed by atoms with Crippen molar-refractivity contribution in [2.24, 2.45) is 0 Å². The molecule has 18 heavy (non-hydrogen) atoms. The molecule has 0 aromatic carbocycles. The van der Waals surface area contributed by atoms with Gasteiger partial charge in [0.2, 0.25) is 5.82 Å². The summed E-state index contributed by atoms with van der Waals surface area (Å²) in [4.78, 5) is 18.4. The second kappa shape index (κ2) is 4.55. The molecule has 1 aliphatic carbocycles. The Morgan fingerprint density at radius 3 is 2.72 bits per heavy atom. The zero-order valence-electron chi connectivity index (χ0n) is 11.2. The highest BCUT2D eigenvalue weighted by Crippen LogP contribution is 2.37. The number of hydrogen-bond acceptors (Lipinski definition) is 3. The Labute approximate surface area is 107 Å².